The van der Waals surface area contributed by atoms with Crippen LogP contribution in [0.4, 0.5) is 11.4 Å². The number of rotatable bonds is 5. The van der Waals surface area contributed by atoms with Crippen LogP contribution in [0.3, 0.4) is 0 Å². The number of anilines is 2. The van der Waals surface area contributed by atoms with Crippen molar-refractivity contribution in [1.82, 2.24) is 19.2 Å². The Morgan fingerprint density at radius 3 is 2.71 bits per heavy atom. The van der Waals surface area contributed by atoms with E-state index < -0.39 is 0 Å². The van der Waals surface area contributed by atoms with Gasteiger partial charge in [-0.2, -0.15) is 10.4 Å². The summed E-state index contributed by atoms with van der Waals surface area (Å²) >= 11 is 0. The fourth-order valence-electron chi connectivity index (χ4n) is 6.45. The van der Waals surface area contributed by atoms with Crippen molar-refractivity contribution in [2.24, 2.45) is 20.0 Å². The highest BCUT2D eigenvalue weighted by molar-refractivity contribution is 5.88. The monoisotopic (exact) mass is 551 g/mol. The van der Waals surface area contributed by atoms with E-state index in [1.165, 1.54) is 12.8 Å². The maximum Gasteiger partial charge on any atom is 0.253 e. The Morgan fingerprint density at radius 1 is 1.15 bits per heavy atom. The van der Waals surface area contributed by atoms with Gasteiger partial charge in [-0.3, -0.25) is 9.48 Å². The zero-order valence-electron chi connectivity index (χ0n) is 24.4. The van der Waals surface area contributed by atoms with E-state index in [1.807, 2.05) is 45.4 Å². The first kappa shape index (κ1) is 26.9. The summed E-state index contributed by atoms with van der Waals surface area (Å²) in [5.41, 5.74) is 6.97. The van der Waals surface area contributed by atoms with E-state index in [9.17, 15) is 10.1 Å². The van der Waals surface area contributed by atoms with Crippen LogP contribution >= 0.6 is 0 Å². The highest BCUT2D eigenvalue weighted by Gasteiger charge is 2.29. The standard InChI is InChI=1S/C32H37N7O2/c1-20-9-26-27(11-24(12-29(26)39(5)32(20)40)41-19-21-7-6-8-36(2)17-21)31-16-34-28-10-22(14-33)25(13-30(28)38(31)4)23-15-35-37(3)18-23/h9-13,15,18,21,31,34H,6-8,16-17,19H2,1-5H3. The largest absolute Gasteiger partial charge is 0.493 e. The van der Waals surface area contributed by atoms with Crippen LogP contribution in [0.5, 0.6) is 5.75 Å². The second-order valence-corrected chi connectivity index (χ2v) is 11.7. The normalized spacial score (nSPS) is 19.1. The van der Waals surface area contributed by atoms with Crippen LogP contribution in [0.1, 0.15) is 35.6 Å². The number of hydrogen-bond donors (Lipinski definition) is 1. The van der Waals surface area contributed by atoms with Gasteiger partial charge in [0, 0.05) is 74.5 Å². The number of pyridine rings is 1. The van der Waals surface area contributed by atoms with Gasteiger partial charge in [0.05, 0.1) is 47.4 Å². The van der Waals surface area contributed by atoms with Crippen molar-refractivity contribution in [3.05, 3.63) is 69.8 Å². The van der Waals surface area contributed by atoms with Crippen molar-refractivity contribution < 1.29 is 4.74 Å². The van der Waals surface area contributed by atoms with Crippen LogP contribution in [0, 0.1) is 24.2 Å². The lowest BCUT2D eigenvalue weighted by atomic mass is 9.94. The molecule has 1 N–H and O–H groups in total. The summed E-state index contributed by atoms with van der Waals surface area (Å²) in [5.74, 6) is 1.27. The van der Waals surface area contributed by atoms with Gasteiger partial charge >= 0.3 is 0 Å². The third-order valence-electron chi connectivity index (χ3n) is 8.70. The topological polar surface area (TPSA) is 91.3 Å². The number of aryl methyl sites for hydroxylation is 3. The first-order chi connectivity index (χ1) is 19.7. The molecule has 2 atom stereocenters. The van der Waals surface area contributed by atoms with Crippen molar-refractivity contribution in [3.63, 3.8) is 0 Å². The Kier molecular flexibility index (Phi) is 6.96. The predicted molar refractivity (Wildman–Crippen MR) is 163 cm³/mol. The van der Waals surface area contributed by atoms with Gasteiger partial charge in [0.15, 0.2) is 0 Å². The third-order valence-corrected chi connectivity index (χ3v) is 8.70. The maximum atomic E-state index is 12.9. The number of piperidine rings is 1. The van der Waals surface area contributed by atoms with Gasteiger partial charge in [-0.05, 0) is 63.2 Å². The molecule has 6 rings (SSSR count). The Labute approximate surface area is 240 Å². The molecule has 0 aliphatic carbocycles. The van der Waals surface area contributed by atoms with E-state index in [4.69, 9.17) is 4.74 Å². The minimum atomic E-state index is -0.0269. The molecule has 2 unspecified atom stereocenters. The molecule has 4 heterocycles. The minimum absolute atomic E-state index is 0.000111. The second-order valence-electron chi connectivity index (χ2n) is 11.7. The number of ether oxygens (including phenoxy) is 1. The number of likely N-dealkylation sites (tertiary alicyclic amines) is 1. The summed E-state index contributed by atoms with van der Waals surface area (Å²) in [7, 11) is 7.97. The minimum Gasteiger partial charge on any atom is -0.493 e. The molecule has 9 nitrogen and oxygen atoms in total. The van der Waals surface area contributed by atoms with Crippen LogP contribution in [0.15, 0.2) is 47.5 Å². The Hall–Kier alpha value is -4.29. The van der Waals surface area contributed by atoms with Gasteiger partial charge in [0.1, 0.15) is 5.75 Å². The first-order valence-electron chi connectivity index (χ1n) is 14.2. The number of nitrogens with one attached hydrogen (secondary N) is 1. The van der Waals surface area contributed by atoms with E-state index in [0.29, 0.717) is 30.2 Å². The molecule has 0 bridgehead atoms. The zero-order chi connectivity index (χ0) is 28.8. The van der Waals surface area contributed by atoms with Gasteiger partial charge in [-0.25, -0.2) is 0 Å². The molecule has 2 aliphatic heterocycles. The number of fused-ring (bicyclic) bond motifs is 2. The fraction of sp³-hybridized carbons (Fsp3) is 0.406. The van der Waals surface area contributed by atoms with Crippen LogP contribution in [-0.2, 0) is 14.1 Å². The number of aromatic nitrogens is 3. The smallest absolute Gasteiger partial charge is 0.253 e. The van der Waals surface area contributed by atoms with E-state index in [1.54, 1.807) is 15.4 Å². The summed E-state index contributed by atoms with van der Waals surface area (Å²) in [6, 6.07) is 12.5. The van der Waals surface area contributed by atoms with Crippen molar-refractivity contribution >= 4 is 22.3 Å². The lowest BCUT2D eigenvalue weighted by molar-refractivity contribution is 0.150. The predicted octanol–water partition coefficient (Wildman–Crippen LogP) is 4.44. The van der Waals surface area contributed by atoms with Crippen LogP contribution < -0.4 is 20.5 Å². The van der Waals surface area contributed by atoms with Gasteiger partial charge in [-0.1, -0.05) is 0 Å². The summed E-state index contributed by atoms with van der Waals surface area (Å²) in [6.45, 7) is 5.35. The number of nitrogens with zero attached hydrogens (tertiary/aromatic N) is 6. The van der Waals surface area contributed by atoms with Crippen molar-refractivity contribution in [2.75, 3.05) is 50.6 Å². The molecule has 9 heteroatoms. The second kappa shape index (κ2) is 10.6. The number of benzene rings is 2. The van der Waals surface area contributed by atoms with Crippen LogP contribution in [-0.4, -0.2) is 59.6 Å². The van der Waals surface area contributed by atoms with Gasteiger partial charge in [0.2, 0.25) is 0 Å². The fourth-order valence-corrected chi connectivity index (χ4v) is 6.45. The Morgan fingerprint density at radius 2 is 1.98 bits per heavy atom. The molecule has 0 radical (unpaired) electrons. The molecule has 212 valence electrons. The Bertz CT molecular complexity index is 1730. The molecule has 4 aromatic rings. The summed E-state index contributed by atoms with van der Waals surface area (Å²) < 4.78 is 9.93. The molecule has 0 amide bonds. The summed E-state index contributed by atoms with van der Waals surface area (Å²) in [5, 5.41) is 18.8. The first-order valence-corrected chi connectivity index (χ1v) is 14.2. The third kappa shape index (κ3) is 4.93. The van der Waals surface area contributed by atoms with Gasteiger partial charge in [0.25, 0.3) is 5.56 Å². The van der Waals surface area contributed by atoms with Gasteiger partial charge < -0.3 is 24.4 Å². The Balaban J connectivity index is 1.42. The van der Waals surface area contributed by atoms with Gasteiger partial charge in [-0.15, -0.1) is 0 Å². The molecule has 0 spiro atoms. The van der Waals surface area contributed by atoms with E-state index in [2.05, 4.69) is 52.5 Å². The van der Waals surface area contributed by atoms with E-state index in [0.717, 1.165) is 57.8 Å². The molecular weight excluding hydrogens is 514 g/mol. The number of nitriles is 1. The van der Waals surface area contributed by atoms with Crippen molar-refractivity contribution in [2.45, 2.75) is 25.8 Å². The summed E-state index contributed by atoms with van der Waals surface area (Å²) in [6.07, 6.45) is 6.07. The highest BCUT2D eigenvalue weighted by Crippen LogP contribution is 2.43. The molecule has 1 fully saturated rings. The SMILES string of the molecule is Cc1cc2c(C3CNc4cc(C#N)c(-c5cnn(C)c5)cc4N3C)cc(OCC3CCCN(C)C3)cc2n(C)c1=O. The van der Waals surface area contributed by atoms with Crippen LogP contribution in [0.2, 0.25) is 0 Å². The number of likely N-dealkylation sites (N-methyl/N-ethyl adjacent to an activating group) is 1. The highest BCUT2D eigenvalue weighted by atomic mass is 16.5. The maximum absolute atomic E-state index is 12.9. The lowest BCUT2D eigenvalue weighted by Gasteiger charge is -2.38. The summed E-state index contributed by atoms with van der Waals surface area (Å²) in [4.78, 5) is 17.6. The average Bonchev–Trinajstić information content (AvgIpc) is 3.40. The molecule has 2 aromatic heterocycles. The number of hydrogen-bond acceptors (Lipinski definition) is 7. The van der Waals surface area contributed by atoms with E-state index in [-0.39, 0.29) is 11.6 Å². The molecule has 1 saturated heterocycles. The quantitative estimate of drug-likeness (QED) is 0.392. The van der Waals surface area contributed by atoms with Crippen LogP contribution in [0.25, 0.3) is 22.0 Å². The molecular formula is C32H37N7O2. The average molecular weight is 552 g/mol. The van der Waals surface area contributed by atoms with E-state index >= 15 is 0 Å². The molecule has 2 aromatic carbocycles. The lowest BCUT2D eigenvalue weighted by Crippen LogP contribution is -2.35. The molecule has 2 aliphatic rings. The zero-order valence-corrected chi connectivity index (χ0v) is 24.4. The molecule has 41 heavy (non-hydrogen) atoms. The molecule has 0 saturated carbocycles. The van der Waals surface area contributed by atoms with Crippen molar-refractivity contribution in [3.8, 4) is 22.9 Å². The van der Waals surface area contributed by atoms with Crippen molar-refractivity contribution in [1.29, 1.82) is 5.26 Å².